The summed E-state index contributed by atoms with van der Waals surface area (Å²) in [7, 11) is -1.71. The van der Waals surface area contributed by atoms with E-state index in [1.54, 1.807) is 26.1 Å². The van der Waals surface area contributed by atoms with Gasteiger partial charge in [0.2, 0.25) is 10.0 Å². The van der Waals surface area contributed by atoms with Gasteiger partial charge in [-0.3, -0.25) is 0 Å². The Morgan fingerprint density at radius 3 is 2.38 bits per heavy atom. The zero-order chi connectivity index (χ0) is 12.2. The zero-order valence-electron chi connectivity index (χ0n) is 9.63. The summed E-state index contributed by atoms with van der Waals surface area (Å²) in [6.07, 6.45) is 0. The summed E-state index contributed by atoms with van der Waals surface area (Å²) in [5.41, 5.74) is 6.25. The van der Waals surface area contributed by atoms with Crippen LogP contribution in [0.4, 0.5) is 0 Å². The molecule has 1 rings (SSSR count). The average molecular weight is 242 g/mol. The third kappa shape index (κ3) is 3.30. The van der Waals surface area contributed by atoms with Crippen molar-refractivity contribution in [2.75, 3.05) is 13.6 Å². The van der Waals surface area contributed by atoms with E-state index in [0.29, 0.717) is 6.54 Å². The molecular weight excluding hydrogens is 224 g/mol. The maximum absolute atomic E-state index is 12.0. The van der Waals surface area contributed by atoms with Gasteiger partial charge in [-0.1, -0.05) is 30.3 Å². The van der Waals surface area contributed by atoms with Gasteiger partial charge < -0.3 is 5.73 Å². The molecule has 16 heavy (non-hydrogen) atoms. The summed E-state index contributed by atoms with van der Waals surface area (Å²) in [5.74, 6) is 0.0225. The fourth-order valence-electron chi connectivity index (χ4n) is 1.31. The number of nitrogens with two attached hydrogens (primary N) is 1. The minimum absolute atomic E-state index is 0.0225. The number of nitrogens with zero attached hydrogens (tertiary/aromatic N) is 1. The molecular formula is C11H18N2O2S. The van der Waals surface area contributed by atoms with Gasteiger partial charge in [0.15, 0.2) is 0 Å². The Labute approximate surface area is 97.1 Å². The fraction of sp³-hybridized carbons (Fsp3) is 0.455. The molecule has 0 aliphatic rings. The molecule has 0 aliphatic carbocycles. The van der Waals surface area contributed by atoms with Crippen molar-refractivity contribution in [3.8, 4) is 0 Å². The Morgan fingerprint density at radius 2 is 1.88 bits per heavy atom. The molecule has 0 saturated heterocycles. The van der Waals surface area contributed by atoms with E-state index in [1.165, 1.54) is 4.31 Å². The third-order valence-corrected chi connectivity index (χ3v) is 4.53. The second-order valence-electron chi connectivity index (χ2n) is 3.84. The van der Waals surface area contributed by atoms with Crippen molar-refractivity contribution in [1.82, 2.24) is 4.31 Å². The molecule has 4 nitrogen and oxygen atoms in total. The van der Waals surface area contributed by atoms with Gasteiger partial charge in [-0.15, -0.1) is 0 Å². The Kier molecular flexibility index (Phi) is 4.46. The van der Waals surface area contributed by atoms with Crippen molar-refractivity contribution in [2.24, 2.45) is 5.73 Å². The van der Waals surface area contributed by atoms with E-state index in [1.807, 2.05) is 18.2 Å². The van der Waals surface area contributed by atoms with Gasteiger partial charge in [0.1, 0.15) is 0 Å². The first-order chi connectivity index (χ1) is 7.47. The standard InChI is InChI=1S/C11H18N2O2S/c1-10(8-12)13(2)16(14,15)9-11-6-4-3-5-7-11/h3-7,10H,8-9,12H2,1-2H3. The van der Waals surface area contributed by atoms with Crippen molar-refractivity contribution >= 4 is 10.0 Å². The number of benzene rings is 1. The molecule has 0 aromatic heterocycles. The largest absolute Gasteiger partial charge is 0.329 e. The zero-order valence-corrected chi connectivity index (χ0v) is 10.4. The van der Waals surface area contributed by atoms with E-state index in [0.717, 1.165) is 5.56 Å². The maximum Gasteiger partial charge on any atom is 0.218 e. The molecule has 1 aromatic carbocycles. The molecule has 0 fully saturated rings. The van der Waals surface area contributed by atoms with Crippen LogP contribution in [0.25, 0.3) is 0 Å². The maximum atomic E-state index is 12.0. The number of rotatable bonds is 5. The van der Waals surface area contributed by atoms with Crippen LogP contribution in [0.5, 0.6) is 0 Å². The van der Waals surface area contributed by atoms with Crippen molar-refractivity contribution < 1.29 is 8.42 Å². The van der Waals surface area contributed by atoms with Crippen LogP contribution >= 0.6 is 0 Å². The number of likely N-dealkylation sites (N-methyl/N-ethyl adjacent to an activating group) is 1. The molecule has 1 unspecified atom stereocenters. The van der Waals surface area contributed by atoms with Gasteiger partial charge in [0.25, 0.3) is 0 Å². The molecule has 0 aliphatic heterocycles. The highest BCUT2D eigenvalue weighted by Gasteiger charge is 2.22. The lowest BCUT2D eigenvalue weighted by Crippen LogP contribution is -2.40. The third-order valence-electron chi connectivity index (χ3n) is 2.59. The van der Waals surface area contributed by atoms with Crippen LogP contribution in [0, 0.1) is 0 Å². The monoisotopic (exact) mass is 242 g/mol. The van der Waals surface area contributed by atoms with E-state index < -0.39 is 10.0 Å². The van der Waals surface area contributed by atoms with Gasteiger partial charge in [-0.2, -0.15) is 0 Å². The molecule has 0 bridgehead atoms. The number of sulfonamides is 1. The van der Waals surface area contributed by atoms with Gasteiger partial charge in [-0.25, -0.2) is 12.7 Å². The number of hydrogen-bond acceptors (Lipinski definition) is 3. The quantitative estimate of drug-likeness (QED) is 0.830. The van der Waals surface area contributed by atoms with E-state index in [-0.39, 0.29) is 11.8 Å². The first-order valence-corrected chi connectivity index (χ1v) is 6.78. The Hall–Kier alpha value is -0.910. The lowest BCUT2D eigenvalue weighted by atomic mass is 10.2. The Morgan fingerprint density at radius 1 is 1.31 bits per heavy atom. The highest BCUT2D eigenvalue weighted by Crippen LogP contribution is 2.11. The molecule has 1 atom stereocenters. The predicted molar refractivity (Wildman–Crippen MR) is 65.3 cm³/mol. The topological polar surface area (TPSA) is 63.4 Å². The van der Waals surface area contributed by atoms with Gasteiger partial charge in [-0.05, 0) is 12.5 Å². The van der Waals surface area contributed by atoms with Crippen LogP contribution in [0.3, 0.4) is 0 Å². The van der Waals surface area contributed by atoms with Gasteiger partial charge >= 0.3 is 0 Å². The molecule has 0 amide bonds. The molecule has 0 spiro atoms. The van der Waals surface area contributed by atoms with Crippen LogP contribution < -0.4 is 5.73 Å². The first-order valence-electron chi connectivity index (χ1n) is 5.17. The van der Waals surface area contributed by atoms with Crippen LogP contribution in [0.15, 0.2) is 30.3 Å². The summed E-state index contributed by atoms with van der Waals surface area (Å²) in [5, 5.41) is 0. The van der Waals surface area contributed by atoms with E-state index in [4.69, 9.17) is 5.73 Å². The molecule has 2 N–H and O–H groups in total. The molecule has 5 heteroatoms. The van der Waals surface area contributed by atoms with Crippen LogP contribution in [-0.2, 0) is 15.8 Å². The smallest absolute Gasteiger partial charge is 0.218 e. The average Bonchev–Trinajstić information content (AvgIpc) is 2.27. The predicted octanol–water partition coefficient (Wildman–Crippen LogP) is 0.795. The number of hydrogen-bond donors (Lipinski definition) is 1. The lowest BCUT2D eigenvalue weighted by Gasteiger charge is -2.22. The summed E-state index contributed by atoms with van der Waals surface area (Å²) < 4.78 is 25.3. The van der Waals surface area contributed by atoms with Crippen molar-refractivity contribution in [3.05, 3.63) is 35.9 Å². The normalized spacial score (nSPS) is 14.0. The lowest BCUT2D eigenvalue weighted by molar-refractivity contribution is 0.394. The van der Waals surface area contributed by atoms with Crippen LogP contribution in [0.2, 0.25) is 0 Å². The molecule has 0 radical (unpaired) electrons. The van der Waals surface area contributed by atoms with Crippen molar-refractivity contribution in [1.29, 1.82) is 0 Å². The second-order valence-corrected chi connectivity index (χ2v) is 5.87. The molecule has 1 aromatic rings. The summed E-state index contributed by atoms with van der Waals surface area (Å²) >= 11 is 0. The minimum Gasteiger partial charge on any atom is -0.329 e. The van der Waals surface area contributed by atoms with Gasteiger partial charge in [0, 0.05) is 19.6 Å². The highest BCUT2D eigenvalue weighted by atomic mass is 32.2. The Bertz CT molecular complexity index is 417. The molecule has 0 saturated carbocycles. The van der Waals surface area contributed by atoms with Gasteiger partial charge in [0.05, 0.1) is 5.75 Å². The summed E-state index contributed by atoms with van der Waals surface area (Å²) in [6.45, 7) is 2.12. The second kappa shape index (κ2) is 5.43. The summed E-state index contributed by atoms with van der Waals surface area (Å²) in [4.78, 5) is 0. The van der Waals surface area contributed by atoms with Crippen LogP contribution in [-0.4, -0.2) is 32.4 Å². The summed E-state index contributed by atoms with van der Waals surface area (Å²) in [6, 6.07) is 8.96. The Balaban J connectivity index is 2.80. The highest BCUT2D eigenvalue weighted by molar-refractivity contribution is 7.88. The minimum atomic E-state index is -3.27. The molecule has 0 heterocycles. The van der Waals surface area contributed by atoms with E-state index in [9.17, 15) is 8.42 Å². The first kappa shape index (κ1) is 13.2. The molecule has 90 valence electrons. The van der Waals surface area contributed by atoms with Crippen molar-refractivity contribution in [2.45, 2.75) is 18.7 Å². The van der Waals surface area contributed by atoms with E-state index >= 15 is 0 Å². The SMILES string of the molecule is CC(CN)N(C)S(=O)(=O)Cc1ccccc1. The van der Waals surface area contributed by atoms with E-state index in [2.05, 4.69) is 0 Å². The fourth-order valence-corrected chi connectivity index (χ4v) is 2.76. The van der Waals surface area contributed by atoms with Crippen LogP contribution in [0.1, 0.15) is 12.5 Å². The van der Waals surface area contributed by atoms with Crippen molar-refractivity contribution in [3.63, 3.8) is 0 Å².